The molecule has 0 saturated heterocycles. The SMILES string of the molecule is C=CN(/C=C\C)C(=O)C1=C(C)NC(c2ncc(F)cc2F)=NC1c1ccc(F)cc1Cl. The molecule has 0 aliphatic carbocycles. The summed E-state index contributed by atoms with van der Waals surface area (Å²) in [7, 11) is 0. The van der Waals surface area contributed by atoms with E-state index in [9.17, 15) is 18.0 Å². The summed E-state index contributed by atoms with van der Waals surface area (Å²) in [6, 6.07) is 3.36. The molecule has 160 valence electrons. The highest BCUT2D eigenvalue weighted by Gasteiger charge is 2.33. The summed E-state index contributed by atoms with van der Waals surface area (Å²) in [4.78, 5) is 22.7. The number of nitrogens with one attached hydrogen (secondary N) is 1. The molecule has 1 aromatic heterocycles. The van der Waals surface area contributed by atoms with Crippen LogP contribution in [0.4, 0.5) is 13.2 Å². The maximum absolute atomic E-state index is 14.4. The first-order valence-corrected chi connectivity index (χ1v) is 9.54. The van der Waals surface area contributed by atoms with Crippen molar-refractivity contribution in [1.82, 2.24) is 15.2 Å². The molecule has 1 aliphatic heterocycles. The summed E-state index contributed by atoms with van der Waals surface area (Å²) in [6.45, 7) is 6.97. The molecule has 0 spiro atoms. The minimum atomic E-state index is -1.00. The molecular formula is C22H18ClF3N4O. The van der Waals surface area contributed by atoms with E-state index in [1.165, 1.54) is 29.4 Å². The largest absolute Gasteiger partial charge is 0.342 e. The average Bonchev–Trinajstić information content (AvgIpc) is 2.71. The molecule has 5 nitrogen and oxygen atoms in total. The number of allylic oxidation sites excluding steroid dienone is 2. The van der Waals surface area contributed by atoms with Gasteiger partial charge in [-0.25, -0.2) is 18.2 Å². The molecule has 9 heteroatoms. The Bertz CT molecular complexity index is 1140. The lowest BCUT2D eigenvalue weighted by molar-refractivity contribution is -0.123. The molecule has 0 radical (unpaired) electrons. The topological polar surface area (TPSA) is 57.6 Å². The van der Waals surface area contributed by atoms with Crippen LogP contribution in [0.3, 0.4) is 0 Å². The van der Waals surface area contributed by atoms with Gasteiger partial charge >= 0.3 is 0 Å². The minimum absolute atomic E-state index is 0.0203. The van der Waals surface area contributed by atoms with Gasteiger partial charge in [-0.3, -0.25) is 14.7 Å². The van der Waals surface area contributed by atoms with Crippen LogP contribution in [0.5, 0.6) is 0 Å². The summed E-state index contributed by atoms with van der Waals surface area (Å²) in [5.74, 6) is -2.81. The van der Waals surface area contributed by atoms with E-state index in [1.54, 1.807) is 19.9 Å². The van der Waals surface area contributed by atoms with Crippen LogP contribution in [-0.4, -0.2) is 21.6 Å². The van der Waals surface area contributed by atoms with Crippen LogP contribution in [0.2, 0.25) is 5.02 Å². The predicted molar refractivity (Wildman–Crippen MR) is 113 cm³/mol. The number of benzene rings is 1. The van der Waals surface area contributed by atoms with Gasteiger partial charge in [0.05, 0.1) is 11.8 Å². The van der Waals surface area contributed by atoms with Gasteiger partial charge in [0.1, 0.15) is 23.4 Å². The Morgan fingerprint density at radius 3 is 2.61 bits per heavy atom. The standard InChI is InChI=1S/C22H18ClF3N4O/c1-4-8-30(5-2)22(31)18-12(3)28-21(20-17(26)10-14(25)11-27-20)29-19(18)15-7-6-13(24)9-16(15)23/h4-11,19H,2H2,1,3H3,(H,28,29)/b8-4-. The van der Waals surface area contributed by atoms with Crippen molar-refractivity contribution < 1.29 is 18.0 Å². The zero-order chi connectivity index (χ0) is 22.7. The molecule has 0 bridgehead atoms. The van der Waals surface area contributed by atoms with E-state index < -0.39 is 29.4 Å². The maximum atomic E-state index is 14.4. The van der Waals surface area contributed by atoms with E-state index in [4.69, 9.17) is 11.6 Å². The van der Waals surface area contributed by atoms with Crippen LogP contribution in [0.25, 0.3) is 0 Å². The van der Waals surface area contributed by atoms with Crippen molar-refractivity contribution in [2.45, 2.75) is 19.9 Å². The number of amides is 1. The number of pyridine rings is 1. The van der Waals surface area contributed by atoms with Crippen molar-refractivity contribution in [3.63, 3.8) is 0 Å². The van der Waals surface area contributed by atoms with Crippen LogP contribution in [-0.2, 0) is 4.79 Å². The first-order valence-electron chi connectivity index (χ1n) is 9.16. The number of hydrogen-bond acceptors (Lipinski definition) is 4. The summed E-state index contributed by atoms with van der Waals surface area (Å²) >= 11 is 6.25. The van der Waals surface area contributed by atoms with Crippen LogP contribution in [0, 0.1) is 17.5 Å². The Kier molecular flexibility index (Phi) is 6.60. The van der Waals surface area contributed by atoms with Crippen LogP contribution >= 0.6 is 11.6 Å². The Morgan fingerprint density at radius 1 is 1.26 bits per heavy atom. The minimum Gasteiger partial charge on any atom is -0.342 e. The molecular weight excluding hydrogens is 429 g/mol. The molecule has 1 atom stereocenters. The molecule has 0 saturated carbocycles. The first kappa shape index (κ1) is 22.3. The highest BCUT2D eigenvalue weighted by Crippen LogP contribution is 2.36. The maximum Gasteiger partial charge on any atom is 0.262 e. The third-order valence-electron chi connectivity index (χ3n) is 4.50. The summed E-state index contributed by atoms with van der Waals surface area (Å²) in [5.41, 5.74) is 0.640. The van der Waals surface area contributed by atoms with E-state index in [-0.39, 0.29) is 22.1 Å². The van der Waals surface area contributed by atoms with Gasteiger partial charge < -0.3 is 5.32 Å². The van der Waals surface area contributed by atoms with Gasteiger partial charge in [0.2, 0.25) is 0 Å². The average molecular weight is 447 g/mol. The fraction of sp³-hybridized carbons (Fsp3) is 0.136. The first-order chi connectivity index (χ1) is 14.8. The van der Waals surface area contributed by atoms with Gasteiger partial charge in [-0.1, -0.05) is 30.3 Å². The van der Waals surface area contributed by atoms with Gasteiger partial charge in [-0.05, 0) is 26.0 Å². The molecule has 1 unspecified atom stereocenters. The van der Waals surface area contributed by atoms with Gasteiger partial charge in [0.15, 0.2) is 11.7 Å². The molecule has 0 fully saturated rings. The van der Waals surface area contributed by atoms with Gasteiger partial charge in [0, 0.05) is 34.7 Å². The Morgan fingerprint density at radius 2 is 2.00 bits per heavy atom. The zero-order valence-corrected chi connectivity index (χ0v) is 17.4. The quantitative estimate of drug-likeness (QED) is 0.701. The monoisotopic (exact) mass is 446 g/mol. The summed E-state index contributed by atoms with van der Waals surface area (Å²) in [6.07, 6.45) is 5.34. The molecule has 2 aromatic rings. The zero-order valence-electron chi connectivity index (χ0n) is 16.7. The molecule has 2 heterocycles. The number of carbonyl (C=O) groups excluding carboxylic acids is 1. The number of hydrogen-bond donors (Lipinski definition) is 1. The third-order valence-corrected chi connectivity index (χ3v) is 4.83. The van der Waals surface area contributed by atoms with E-state index in [2.05, 4.69) is 21.9 Å². The molecule has 31 heavy (non-hydrogen) atoms. The van der Waals surface area contributed by atoms with Crippen molar-refractivity contribution in [2.24, 2.45) is 4.99 Å². The van der Waals surface area contributed by atoms with Crippen molar-refractivity contribution in [1.29, 1.82) is 0 Å². The van der Waals surface area contributed by atoms with Crippen molar-refractivity contribution in [3.05, 3.63) is 101 Å². The highest BCUT2D eigenvalue weighted by molar-refractivity contribution is 6.31. The molecule has 3 rings (SSSR count). The Hall–Kier alpha value is -3.39. The van der Waals surface area contributed by atoms with Crippen LogP contribution in [0.15, 0.2) is 71.8 Å². The normalized spacial score (nSPS) is 16.2. The van der Waals surface area contributed by atoms with Gasteiger partial charge in [0.25, 0.3) is 5.91 Å². The van der Waals surface area contributed by atoms with E-state index in [0.29, 0.717) is 17.3 Å². The van der Waals surface area contributed by atoms with Crippen LogP contribution < -0.4 is 5.32 Å². The lowest BCUT2D eigenvalue weighted by Crippen LogP contribution is -2.36. The number of nitrogens with zero attached hydrogens (tertiary/aromatic N) is 3. The van der Waals surface area contributed by atoms with Crippen molar-refractivity contribution in [2.75, 3.05) is 0 Å². The second-order valence-electron chi connectivity index (χ2n) is 6.57. The highest BCUT2D eigenvalue weighted by atomic mass is 35.5. The predicted octanol–water partition coefficient (Wildman–Crippen LogP) is 5.02. The third kappa shape index (κ3) is 4.54. The van der Waals surface area contributed by atoms with Gasteiger partial charge in [-0.15, -0.1) is 0 Å². The Balaban J connectivity index is 2.19. The lowest BCUT2D eigenvalue weighted by Gasteiger charge is -2.28. The molecule has 1 amide bonds. The van der Waals surface area contributed by atoms with Gasteiger partial charge in [-0.2, -0.15) is 0 Å². The second kappa shape index (κ2) is 9.18. The molecule has 1 aromatic carbocycles. The number of carbonyl (C=O) groups is 1. The number of halogens is 4. The Labute approximate surface area is 182 Å². The lowest BCUT2D eigenvalue weighted by atomic mass is 9.94. The molecule has 1 aliphatic rings. The van der Waals surface area contributed by atoms with Crippen LogP contribution in [0.1, 0.15) is 31.1 Å². The van der Waals surface area contributed by atoms with Crippen molar-refractivity contribution in [3.8, 4) is 0 Å². The summed E-state index contributed by atoms with van der Waals surface area (Å²) < 4.78 is 41.3. The van der Waals surface area contributed by atoms with E-state index in [1.807, 2.05) is 0 Å². The van der Waals surface area contributed by atoms with E-state index in [0.717, 1.165) is 12.3 Å². The van der Waals surface area contributed by atoms with E-state index >= 15 is 0 Å². The summed E-state index contributed by atoms with van der Waals surface area (Å²) in [5, 5.41) is 2.90. The number of aliphatic imine (C=N–C) groups is 1. The second-order valence-corrected chi connectivity index (χ2v) is 6.98. The van der Waals surface area contributed by atoms with Crippen molar-refractivity contribution >= 4 is 23.3 Å². The number of rotatable bonds is 5. The fourth-order valence-electron chi connectivity index (χ4n) is 3.12. The fourth-order valence-corrected chi connectivity index (χ4v) is 3.39. The molecule has 1 N–H and O–H groups in total. The smallest absolute Gasteiger partial charge is 0.262 e. The number of aromatic nitrogens is 1. The number of amidine groups is 1.